The van der Waals surface area contributed by atoms with Gasteiger partial charge in [0.15, 0.2) is 0 Å². The van der Waals surface area contributed by atoms with E-state index in [2.05, 4.69) is 27.7 Å². The van der Waals surface area contributed by atoms with E-state index in [1.807, 2.05) is 104 Å². The first-order valence-electron chi connectivity index (χ1n) is 28.0. The largest absolute Gasteiger partial charge is 0.494 e. The van der Waals surface area contributed by atoms with Crippen LogP contribution in [-0.2, 0) is 49.7 Å². The highest BCUT2D eigenvalue weighted by molar-refractivity contribution is 5.75. The van der Waals surface area contributed by atoms with Crippen molar-refractivity contribution < 1.29 is 68.5 Å². The number of benzene rings is 4. The van der Waals surface area contributed by atoms with E-state index < -0.39 is 60.1 Å². The number of unbranched alkanes of at least 4 members (excludes halogenated alkanes) is 8. The SMILES string of the molecule is CCCCCCOc1ccc(C[C@H](N)C(=O)O)cc1.CCCCCCOc1ccc(C[C@H](N)C(=O)O)cc1.CCCCOc1ccc(C[C@H](N)C(=O)O)cc1.CCCCOc1ccc(C[C@H](N)C(=O)O)cc1.CCC[C@H](N)C(=O)O. The molecule has 0 unspecified atom stereocenters. The summed E-state index contributed by atoms with van der Waals surface area (Å²) < 4.78 is 22.2. The monoisotopic (exact) mass is 1120 g/mol. The molecule has 0 aliphatic rings. The molecular formula is C61H95N5O14. The van der Waals surface area contributed by atoms with Gasteiger partial charge >= 0.3 is 29.8 Å². The molecule has 0 aliphatic carbocycles. The second-order valence-electron chi connectivity index (χ2n) is 19.1. The molecule has 5 atom stereocenters. The van der Waals surface area contributed by atoms with Crippen molar-refractivity contribution in [2.75, 3.05) is 26.4 Å². The maximum atomic E-state index is 10.6. The van der Waals surface area contributed by atoms with Crippen LogP contribution in [0.1, 0.15) is 147 Å². The lowest BCUT2D eigenvalue weighted by atomic mass is 10.1. The number of hydrogen-bond donors (Lipinski definition) is 10. The molecule has 19 nitrogen and oxygen atoms in total. The third-order valence-corrected chi connectivity index (χ3v) is 11.8. The fraction of sp³-hybridized carbons (Fsp3) is 0.525. The van der Waals surface area contributed by atoms with Crippen LogP contribution < -0.4 is 47.6 Å². The molecule has 19 heteroatoms. The lowest BCUT2D eigenvalue weighted by Crippen LogP contribution is -2.32. The van der Waals surface area contributed by atoms with Gasteiger partial charge in [-0.25, -0.2) is 0 Å². The van der Waals surface area contributed by atoms with Gasteiger partial charge in [0.2, 0.25) is 0 Å². The Kier molecular flexibility index (Phi) is 42.1. The third-order valence-electron chi connectivity index (χ3n) is 11.8. The molecule has 0 saturated heterocycles. The molecule has 0 fully saturated rings. The van der Waals surface area contributed by atoms with Crippen molar-refractivity contribution in [3.63, 3.8) is 0 Å². The van der Waals surface area contributed by atoms with Gasteiger partial charge in [0.05, 0.1) is 26.4 Å². The zero-order valence-corrected chi connectivity index (χ0v) is 48.0. The molecule has 4 rings (SSSR count). The van der Waals surface area contributed by atoms with Gasteiger partial charge < -0.3 is 73.1 Å². The number of nitrogens with two attached hydrogens (primary N) is 5. The van der Waals surface area contributed by atoms with E-state index in [-0.39, 0.29) is 0 Å². The number of aliphatic carboxylic acids is 5. The lowest BCUT2D eigenvalue weighted by Gasteiger charge is -2.09. The summed E-state index contributed by atoms with van der Waals surface area (Å²) in [5.41, 5.74) is 30.6. The Morgan fingerprint density at radius 1 is 0.312 bits per heavy atom. The first kappa shape index (κ1) is 73.2. The second kappa shape index (κ2) is 46.0. The van der Waals surface area contributed by atoms with Crippen LogP contribution >= 0.6 is 0 Å². The number of carboxylic acid groups (broad SMARTS) is 5. The predicted octanol–water partition coefficient (Wildman–Crippen LogP) is 9.04. The highest BCUT2D eigenvalue weighted by Crippen LogP contribution is 2.18. The zero-order valence-electron chi connectivity index (χ0n) is 48.0. The minimum atomic E-state index is -0.978. The van der Waals surface area contributed by atoms with Gasteiger partial charge in [0.25, 0.3) is 0 Å². The number of ether oxygens (including phenoxy) is 4. The normalized spacial score (nSPS) is 12.2. The second-order valence-corrected chi connectivity index (χ2v) is 19.1. The highest BCUT2D eigenvalue weighted by atomic mass is 16.5. The van der Waals surface area contributed by atoms with Crippen LogP contribution in [-0.4, -0.2) is 112 Å². The molecule has 0 aliphatic heterocycles. The lowest BCUT2D eigenvalue weighted by molar-refractivity contribution is -0.139. The number of hydrogen-bond acceptors (Lipinski definition) is 14. The molecule has 4 aromatic rings. The molecule has 4 aromatic carbocycles. The van der Waals surface area contributed by atoms with E-state index in [1.165, 1.54) is 38.5 Å². The Morgan fingerprint density at radius 2 is 0.525 bits per heavy atom. The van der Waals surface area contributed by atoms with Gasteiger partial charge in [0, 0.05) is 0 Å². The summed E-state index contributed by atoms with van der Waals surface area (Å²) in [5, 5.41) is 43.0. The van der Waals surface area contributed by atoms with Crippen LogP contribution in [0.15, 0.2) is 97.1 Å². The third kappa shape index (κ3) is 37.9. The standard InChI is InChI=1S/2C15H23NO3.2C13H19NO3.C5H11NO2/c2*1-2-3-4-5-10-19-13-8-6-12(7-9-13)11-14(16)15(17)18;2*1-2-3-8-17-11-6-4-10(5-7-11)9-12(14)13(15)16;1-2-3-4(6)5(7)8/h2*6-9,14H,2-5,10-11,16H2,1H3,(H,17,18);2*4-7,12H,2-3,8-9,14H2,1H3,(H,15,16);4H,2-3,6H2,1H3,(H,7,8)/t2*14-;2*12-;4-/m00000/s1. The molecule has 448 valence electrons. The Hall–Kier alpha value is -6.77. The van der Waals surface area contributed by atoms with Crippen LogP contribution in [0.3, 0.4) is 0 Å². The smallest absolute Gasteiger partial charge is 0.320 e. The van der Waals surface area contributed by atoms with E-state index in [1.54, 1.807) is 0 Å². The average molecular weight is 1120 g/mol. The fourth-order valence-corrected chi connectivity index (χ4v) is 6.79. The maximum absolute atomic E-state index is 10.6. The van der Waals surface area contributed by atoms with Crippen LogP contribution in [0.4, 0.5) is 0 Å². The molecule has 0 bridgehead atoms. The summed E-state index contributed by atoms with van der Waals surface area (Å²) in [6.45, 7) is 13.4. The predicted molar refractivity (Wildman–Crippen MR) is 314 cm³/mol. The van der Waals surface area contributed by atoms with Crippen LogP contribution in [0.5, 0.6) is 23.0 Å². The minimum Gasteiger partial charge on any atom is -0.494 e. The summed E-state index contributed by atoms with van der Waals surface area (Å²) in [6.07, 6.45) is 16.5. The Morgan fingerprint density at radius 3 is 0.700 bits per heavy atom. The summed E-state index contributed by atoms with van der Waals surface area (Å²) in [6, 6.07) is 25.7. The number of carbonyl (C=O) groups is 5. The molecule has 0 radical (unpaired) electrons. The summed E-state index contributed by atoms with van der Waals surface area (Å²) in [5.74, 6) is -1.55. The number of rotatable bonds is 35. The zero-order chi connectivity index (χ0) is 60.1. The van der Waals surface area contributed by atoms with Crippen LogP contribution in [0.25, 0.3) is 0 Å². The topological polar surface area (TPSA) is 354 Å². The fourth-order valence-electron chi connectivity index (χ4n) is 6.79. The molecular weight excluding hydrogens is 1030 g/mol. The van der Waals surface area contributed by atoms with Gasteiger partial charge in [-0.05, 0) is 129 Å². The van der Waals surface area contributed by atoms with Gasteiger partial charge in [-0.1, -0.05) is 141 Å². The van der Waals surface area contributed by atoms with Crippen molar-refractivity contribution >= 4 is 29.8 Å². The van der Waals surface area contributed by atoms with Gasteiger partial charge in [-0.2, -0.15) is 0 Å². The number of carboxylic acids is 5. The van der Waals surface area contributed by atoms with E-state index in [0.29, 0.717) is 45.3 Å². The molecule has 0 aromatic heterocycles. The molecule has 0 spiro atoms. The van der Waals surface area contributed by atoms with Gasteiger partial charge in [0.1, 0.15) is 53.2 Å². The van der Waals surface area contributed by atoms with E-state index in [9.17, 15) is 24.0 Å². The molecule has 0 heterocycles. The molecule has 0 saturated carbocycles. The Labute approximate surface area is 474 Å². The summed E-state index contributed by atoms with van der Waals surface area (Å²) in [7, 11) is 0. The van der Waals surface area contributed by atoms with Crippen molar-refractivity contribution in [1.29, 1.82) is 0 Å². The van der Waals surface area contributed by atoms with Crippen LogP contribution in [0.2, 0.25) is 0 Å². The van der Waals surface area contributed by atoms with Crippen molar-refractivity contribution in [1.82, 2.24) is 0 Å². The van der Waals surface area contributed by atoms with E-state index >= 15 is 0 Å². The molecule has 15 N–H and O–H groups in total. The Balaban J connectivity index is 0.000000995. The first-order chi connectivity index (χ1) is 38.2. The average Bonchev–Trinajstić information content (AvgIpc) is 3.43. The van der Waals surface area contributed by atoms with Gasteiger partial charge in [-0.3, -0.25) is 24.0 Å². The van der Waals surface area contributed by atoms with Gasteiger partial charge in [-0.15, -0.1) is 0 Å². The van der Waals surface area contributed by atoms with E-state index in [0.717, 1.165) is 103 Å². The van der Waals surface area contributed by atoms with Crippen molar-refractivity contribution in [2.45, 2.75) is 180 Å². The van der Waals surface area contributed by atoms with Crippen molar-refractivity contribution in [2.24, 2.45) is 28.7 Å². The molecule has 80 heavy (non-hydrogen) atoms. The minimum absolute atomic E-state index is 0.338. The van der Waals surface area contributed by atoms with Crippen molar-refractivity contribution in [3.05, 3.63) is 119 Å². The maximum Gasteiger partial charge on any atom is 0.320 e. The summed E-state index contributed by atoms with van der Waals surface area (Å²) >= 11 is 0. The molecule has 0 amide bonds. The first-order valence-corrected chi connectivity index (χ1v) is 28.0. The quantitative estimate of drug-likeness (QED) is 0.0192. The Bertz CT molecular complexity index is 2090. The summed E-state index contributed by atoms with van der Waals surface area (Å²) in [4.78, 5) is 52.5. The highest BCUT2D eigenvalue weighted by Gasteiger charge is 2.15. The van der Waals surface area contributed by atoms with Crippen molar-refractivity contribution in [3.8, 4) is 23.0 Å². The van der Waals surface area contributed by atoms with E-state index in [4.69, 9.17) is 73.1 Å². The van der Waals surface area contributed by atoms with Crippen LogP contribution in [0, 0.1) is 0 Å².